The van der Waals surface area contributed by atoms with Gasteiger partial charge in [0.15, 0.2) is 11.5 Å². The Morgan fingerprint density at radius 1 is 1.33 bits per heavy atom. The summed E-state index contributed by atoms with van der Waals surface area (Å²) < 4.78 is 34.5. The van der Waals surface area contributed by atoms with Gasteiger partial charge in [0, 0.05) is 17.8 Å². The number of rotatable bonds is 4. The van der Waals surface area contributed by atoms with Crippen LogP contribution in [0.3, 0.4) is 0 Å². The molecule has 0 bridgehead atoms. The highest BCUT2D eigenvalue weighted by atomic mass is 19.3. The van der Waals surface area contributed by atoms with Gasteiger partial charge in [0.25, 0.3) is 0 Å². The van der Waals surface area contributed by atoms with E-state index in [0.29, 0.717) is 6.04 Å². The summed E-state index contributed by atoms with van der Waals surface area (Å²) in [4.78, 5) is 0. The molecule has 1 saturated carbocycles. The van der Waals surface area contributed by atoms with E-state index in [-0.39, 0.29) is 11.5 Å². The van der Waals surface area contributed by atoms with Crippen LogP contribution in [0.5, 0.6) is 11.5 Å². The van der Waals surface area contributed by atoms with E-state index in [2.05, 4.69) is 21.7 Å². The fraction of sp³-hybridized carbons (Fsp3) is 0.538. The number of hydrogen-bond acceptors (Lipinski definition) is 3. The van der Waals surface area contributed by atoms with Crippen LogP contribution in [0, 0.1) is 5.92 Å². The predicted octanol–water partition coefficient (Wildman–Crippen LogP) is 3.61. The lowest BCUT2D eigenvalue weighted by molar-refractivity contribution is -0.286. The van der Waals surface area contributed by atoms with Gasteiger partial charge < -0.3 is 14.8 Å². The maximum Gasteiger partial charge on any atom is 0.586 e. The van der Waals surface area contributed by atoms with Crippen LogP contribution in [0.15, 0.2) is 18.2 Å². The highest BCUT2D eigenvalue weighted by molar-refractivity contribution is 5.56. The molecular formula is C13H15F2NO2. The van der Waals surface area contributed by atoms with Gasteiger partial charge in [-0.1, -0.05) is 12.8 Å². The van der Waals surface area contributed by atoms with E-state index < -0.39 is 6.29 Å². The first-order valence-electron chi connectivity index (χ1n) is 6.18. The van der Waals surface area contributed by atoms with Crippen molar-refractivity contribution in [1.82, 2.24) is 0 Å². The maximum atomic E-state index is 12.8. The summed E-state index contributed by atoms with van der Waals surface area (Å²) in [5.74, 6) is 0.995. The second kappa shape index (κ2) is 4.00. The summed E-state index contributed by atoms with van der Waals surface area (Å²) >= 11 is 0. The highest BCUT2D eigenvalue weighted by Crippen LogP contribution is 2.42. The molecule has 1 N–H and O–H groups in total. The normalized spacial score (nSPS) is 21.7. The lowest BCUT2D eigenvalue weighted by Gasteiger charge is -2.14. The zero-order valence-electron chi connectivity index (χ0n) is 10.1. The molecular weight excluding hydrogens is 240 g/mol. The molecule has 3 nitrogen and oxygen atoms in total. The number of alkyl halides is 2. The van der Waals surface area contributed by atoms with Gasteiger partial charge in [0.2, 0.25) is 0 Å². The third-order valence-electron chi connectivity index (χ3n) is 3.20. The van der Waals surface area contributed by atoms with E-state index in [9.17, 15) is 8.78 Å². The molecule has 1 fully saturated rings. The molecule has 1 atom stereocenters. The molecule has 0 aromatic heterocycles. The van der Waals surface area contributed by atoms with E-state index in [0.717, 1.165) is 18.0 Å². The molecule has 1 heterocycles. The van der Waals surface area contributed by atoms with E-state index >= 15 is 0 Å². The first-order valence-corrected chi connectivity index (χ1v) is 6.18. The zero-order chi connectivity index (χ0) is 12.8. The lowest BCUT2D eigenvalue weighted by atomic mass is 10.1. The topological polar surface area (TPSA) is 30.5 Å². The van der Waals surface area contributed by atoms with Crippen molar-refractivity contribution >= 4 is 5.69 Å². The monoisotopic (exact) mass is 255 g/mol. The Morgan fingerprint density at radius 2 is 2.06 bits per heavy atom. The van der Waals surface area contributed by atoms with Crippen molar-refractivity contribution in [2.45, 2.75) is 38.5 Å². The number of nitrogens with one attached hydrogen (secondary N) is 1. The average Bonchev–Trinajstić information content (AvgIpc) is 2.99. The Labute approximate surface area is 104 Å². The molecule has 1 unspecified atom stereocenters. The van der Waals surface area contributed by atoms with Gasteiger partial charge >= 0.3 is 6.29 Å². The second-order valence-electron chi connectivity index (χ2n) is 5.05. The minimum Gasteiger partial charge on any atom is -0.395 e. The first kappa shape index (κ1) is 11.6. The van der Waals surface area contributed by atoms with Crippen molar-refractivity contribution in [3.8, 4) is 11.5 Å². The minimum absolute atomic E-state index is 0.0837. The molecule has 3 rings (SSSR count). The predicted molar refractivity (Wildman–Crippen MR) is 63.1 cm³/mol. The van der Waals surface area contributed by atoms with Crippen LogP contribution in [-0.4, -0.2) is 12.3 Å². The van der Waals surface area contributed by atoms with Crippen molar-refractivity contribution in [3.05, 3.63) is 18.2 Å². The molecule has 0 amide bonds. The van der Waals surface area contributed by atoms with Gasteiger partial charge in [-0.3, -0.25) is 0 Å². The molecule has 1 aliphatic heterocycles. The molecule has 1 aromatic carbocycles. The third kappa shape index (κ3) is 2.49. The van der Waals surface area contributed by atoms with Crippen molar-refractivity contribution in [2.75, 3.05) is 5.32 Å². The molecule has 0 saturated heterocycles. The van der Waals surface area contributed by atoms with E-state index in [1.807, 2.05) is 0 Å². The number of benzene rings is 1. The van der Waals surface area contributed by atoms with Crippen molar-refractivity contribution < 1.29 is 18.3 Å². The molecule has 0 radical (unpaired) electrons. The van der Waals surface area contributed by atoms with Crippen LogP contribution in [0.4, 0.5) is 14.5 Å². The number of hydrogen-bond donors (Lipinski definition) is 1. The van der Waals surface area contributed by atoms with Gasteiger partial charge in [-0.15, -0.1) is 8.78 Å². The van der Waals surface area contributed by atoms with Crippen LogP contribution in [0.25, 0.3) is 0 Å². The summed E-state index contributed by atoms with van der Waals surface area (Å²) in [6.45, 7) is 2.09. The fourth-order valence-electron chi connectivity index (χ4n) is 2.24. The highest BCUT2D eigenvalue weighted by Gasteiger charge is 2.43. The standard InChI is InChI=1S/C13H15F2NO2/c1-8(6-9-2-3-9)16-10-4-5-11-12(7-10)18-13(14,15)17-11/h4-5,7-9,16H,2-3,6H2,1H3. The first-order chi connectivity index (χ1) is 8.52. The van der Waals surface area contributed by atoms with Gasteiger partial charge in [0.1, 0.15) is 0 Å². The molecule has 2 aliphatic rings. The third-order valence-corrected chi connectivity index (χ3v) is 3.20. The van der Waals surface area contributed by atoms with E-state index in [1.165, 1.54) is 18.9 Å². The molecule has 1 aliphatic carbocycles. The number of halogens is 2. The molecule has 98 valence electrons. The Balaban J connectivity index is 1.67. The van der Waals surface area contributed by atoms with E-state index in [1.54, 1.807) is 12.1 Å². The fourth-order valence-corrected chi connectivity index (χ4v) is 2.24. The smallest absolute Gasteiger partial charge is 0.395 e. The van der Waals surface area contributed by atoms with Gasteiger partial charge in [-0.2, -0.15) is 0 Å². The summed E-state index contributed by atoms with van der Waals surface area (Å²) in [7, 11) is 0. The molecule has 5 heteroatoms. The van der Waals surface area contributed by atoms with Crippen LogP contribution < -0.4 is 14.8 Å². The summed E-state index contributed by atoms with van der Waals surface area (Å²) in [5.41, 5.74) is 0.781. The van der Waals surface area contributed by atoms with Crippen LogP contribution in [0.2, 0.25) is 0 Å². The van der Waals surface area contributed by atoms with Gasteiger partial charge in [0.05, 0.1) is 0 Å². The van der Waals surface area contributed by atoms with Gasteiger partial charge in [-0.25, -0.2) is 0 Å². The maximum absolute atomic E-state index is 12.8. The van der Waals surface area contributed by atoms with Crippen molar-refractivity contribution in [2.24, 2.45) is 5.92 Å². The van der Waals surface area contributed by atoms with Crippen LogP contribution in [-0.2, 0) is 0 Å². The Hall–Kier alpha value is -1.52. The summed E-state index contributed by atoms with van der Waals surface area (Å²) in [6.07, 6.45) is 0.184. The largest absolute Gasteiger partial charge is 0.586 e. The SMILES string of the molecule is CC(CC1CC1)Nc1ccc2c(c1)OC(F)(F)O2. The number of anilines is 1. The van der Waals surface area contributed by atoms with Crippen LogP contribution >= 0.6 is 0 Å². The van der Waals surface area contributed by atoms with E-state index in [4.69, 9.17) is 0 Å². The molecule has 18 heavy (non-hydrogen) atoms. The quantitative estimate of drug-likeness (QED) is 0.891. The summed E-state index contributed by atoms with van der Waals surface area (Å²) in [5, 5.41) is 3.29. The number of ether oxygens (including phenoxy) is 2. The van der Waals surface area contributed by atoms with Crippen molar-refractivity contribution in [3.63, 3.8) is 0 Å². The Kier molecular flexibility index (Phi) is 2.57. The Bertz CT molecular complexity index is 460. The molecule has 0 spiro atoms. The minimum atomic E-state index is -3.54. The average molecular weight is 255 g/mol. The second-order valence-corrected chi connectivity index (χ2v) is 5.05. The van der Waals surface area contributed by atoms with Gasteiger partial charge in [-0.05, 0) is 31.4 Å². The molecule has 1 aromatic rings. The van der Waals surface area contributed by atoms with Crippen molar-refractivity contribution in [1.29, 1.82) is 0 Å². The summed E-state index contributed by atoms with van der Waals surface area (Å²) in [6, 6.07) is 5.12. The Morgan fingerprint density at radius 3 is 2.78 bits per heavy atom. The zero-order valence-corrected chi connectivity index (χ0v) is 10.1. The van der Waals surface area contributed by atoms with Crippen LogP contribution in [0.1, 0.15) is 26.2 Å². The lowest BCUT2D eigenvalue weighted by Crippen LogP contribution is -2.25. The number of fused-ring (bicyclic) bond motifs is 1.